The average molecular weight is 251 g/mol. The summed E-state index contributed by atoms with van der Waals surface area (Å²) >= 11 is 0. The van der Waals surface area contributed by atoms with Crippen molar-refractivity contribution in [2.24, 2.45) is 0 Å². The van der Waals surface area contributed by atoms with Crippen LogP contribution in [0.3, 0.4) is 0 Å². The molecule has 100 valence electrons. The van der Waals surface area contributed by atoms with Gasteiger partial charge >= 0.3 is 5.97 Å². The molecule has 0 spiro atoms. The van der Waals surface area contributed by atoms with Crippen LogP contribution in [0.25, 0.3) is 0 Å². The zero-order valence-corrected chi connectivity index (χ0v) is 10.9. The van der Waals surface area contributed by atoms with Crippen molar-refractivity contribution in [3.63, 3.8) is 0 Å². The fourth-order valence-electron chi connectivity index (χ4n) is 1.68. The molecule has 0 fully saturated rings. The summed E-state index contributed by atoms with van der Waals surface area (Å²) in [5, 5.41) is 11.9. The lowest BCUT2D eigenvalue weighted by molar-refractivity contribution is 0.0690. The highest BCUT2D eigenvalue weighted by Crippen LogP contribution is 2.06. The molecule has 0 aliphatic heterocycles. The molecule has 0 aliphatic rings. The Hall–Kier alpha value is -1.65. The minimum Gasteiger partial charge on any atom is -0.476 e. The van der Waals surface area contributed by atoms with Crippen LogP contribution in [-0.4, -0.2) is 27.6 Å². The third-order valence-corrected chi connectivity index (χ3v) is 2.69. The van der Waals surface area contributed by atoms with Gasteiger partial charge in [-0.05, 0) is 6.42 Å². The highest BCUT2D eigenvalue weighted by molar-refractivity contribution is 5.85. The van der Waals surface area contributed by atoms with Gasteiger partial charge in [-0.25, -0.2) is 9.78 Å². The lowest BCUT2D eigenvalue weighted by Crippen LogP contribution is -2.07. The Morgan fingerprint density at radius 3 is 2.67 bits per heavy atom. The van der Waals surface area contributed by atoms with Gasteiger partial charge in [-0.2, -0.15) is 0 Å². The standard InChI is InChI=1S/C13H21N3O2/c1-2-3-4-5-6-7-8-15-12-10-14-9-11(16-12)13(17)18/h9-10H,2-8H2,1H3,(H,15,16)(H,17,18). The number of anilines is 1. The summed E-state index contributed by atoms with van der Waals surface area (Å²) in [6, 6.07) is 0. The van der Waals surface area contributed by atoms with E-state index in [1.54, 1.807) is 6.20 Å². The SMILES string of the molecule is CCCCCCCCNc1cncc(C(=O)O)n1. The zero-order valence-electron chi connectivity index (χ0n) is 10.9. The molecule has 0 unspecified atom stereocenters. The number of rotatable bonds is 9. The number of nitrogens with one attached hydrogen (secondary N) is 1. The van der Waals surface area contributed by atoms with E-state index in [0.29, 0.717) is 5.82 Å². The van der Waals surface area contributed by atoms with Gasteiger partial charge in [-0.3, -0.25) is 4.98 Å². The van der Waals surface area contributed by atoms with E-state index in [-0.39, 0.29) is 5.69 Å². The number of nitrogens with zero attached hydrogens (tertiary/aromatic N) is 2. The number of unbranched alkanes of at least 4 members (excludes halogenated alkanes) is 5. The number of aromatic nitrogens is 2. The van der Waals surface area contributed by atoms with Crippen LogP contribution in [0.5, 0.6) is 0 Å². The maximum atomic E-state index is 10.7. The van der Waals surface area contributed by atoms with Gasteiger partial charge in [0.25, 0.3) is 0 Å². The molecule has 0 bridgehead atoms. The molecule has 0 radical (unpaired) electrons. The Bertz CT molecular complexity index is 369. The number of hydrogen-bond acceptors (Lipinski definition) is 4. The third kappa shape index (κ3) is 5.61. The number of hydrogen-bond donors (Lipinski definition) is 2. The lowest BCUT2D eigenvalue weighted by atomic mass is 10.1. The molecular weight excluding hydrogens is 230 g/mol. The number of carboxylic acids is 1. The van der Waals surface area contributed by atoms with Crippen molar-refractivity contribution in [1.29, 1.82) is 0 Å². The van der Waals surface area contributed by atoms with Gasteiger partial charge in [0.2, 0.25) is 0 Å². The molecule has 1 aromatic heterocycles. The van der Waals surface area contributed by atoms with Crippen LogP contribution in [0.2, 0.25) is 0 Å². The van der Waals surface area contributed by atoms with Gasteiger partial charge in [0.05, 0.1) is 12.4 Å². The highest BCUT2D eigenvalue weighted by Gasteiger charge is 2.05. The van der Waals surface area contributed by atoms with Gasteiger partial charge in [0.15, 0.2) is 5.69 Å². The Kier molecular flexibility index (Phi) is 6.76. The average Bonchev–Trinajstić information content (AvgIpc) is 2.38. The van der Waals surface area contributed by atoms with Crippen molar-refractivity contribution in [3.05, 3.63) is 18.1 Å². The fourth-order valence-corrected chi connectivity index (χ4v) is 1.68. The monoisotopic (exact) mass is 251 g/mol. The smallest absolute Gasteiger partial charge is 0.356 e. The van der Waals surface area contributed by atoms with E-state index in [1.165, 1.54) is 38.3 Å². The van der Waals surface area contributed by atoms with Crippen molar-refractivity contribution in [1.82, 2.24) is 9.97 Å². The Balaban J connectivity index is 2.19. The summed E-state index contributed by atoms with van der Waals surface area (Å²) in [7, 11) is 0. The summed E-state index contributed by atoms with van der Waals surface area (Å²) in [5.74, 6) is -0.519. The predicted molar refractivity (Wildman–Crippen MR) is 70.9 cm³/mol. The first-order valence-electron chi connectivity index (χ1n) is 6.53. The minimum absolute atomic E-state index is 0.0251. The minimum atomic E-state index is -1.05. The first-order chi connectivity index (χ1) is 8.74. The largest absolute Gasteiger partial charge is 0.476 e. The van der Waals surface area contributed by atoms with Gasteiger partial charge in [0.1, 0.15) is 5.82 Å². The summed E-state index contributed by atoms with van der Waals surface area (Å²) < 4.78 is 0. The van der Waals surface area contributed by atoms with Crippen molar-refractivity contribution >= 4 is 11.8 Å². The highest BCUT2D eigenvalue weighted by atomic mass is 16.4. The van der Waals surface area contributed by atoms with Crippen molar-refractivity contribution in [2.45, 2.75) is 45.4 Å². The van der Waals surface area contributed by atoms with Crippen LogP contribution in [0.4, 0.5) is 5.82 Å². The van der Waals surface area contributed by atoms with Gasteiger partial charge in [0, 0.05) is 6.54 Å². The second-order valence-electron chi connectivity index (χ2n) is 4.29. The van der Waals surface area contributed by atoms with E-state index < -0.39 is 5.97 Å². The molecule has 0 atom stereocenters. The van der Waals surface area contributed by atoms with E-state index in [9.17, 15) is 4.79 Å². The van der Waals surface area contributed by atoms with Crippen molar-refractivity contribution in [2.75, 3.05) is 11.9 Å². The Morgan fingerprint density at radius 2 is 1.94 bits per heavy atom. The van der Waals surface area contributed by atoms with Gasteiger partial charge in [-0.15, -0.1) is 0 Å². The number of carbonyl (C=O) groups is 1. The zero-order chi connectivity index (χ0) is 13.2. The van der Waals surface area contributed by atoms with Gasteiger partial charge < -0.3 is 10.4 Å². The van der Waals surface area contributed by atoms with Crippen LogP contribution in [0.15, 0.2) is 12.4 Å². The molecule has 1 rings (SSSR count). The van der Waals surface area contributed by atoms with Crippen LogP contribution in [0, 0.1) is 0 Å². The first-order valence-corrected chi connectivity index (χ1v) is 6.53. The molecule has 5 heteroatoms. The second kappa shape index (κ2) is 8.44. The lowest BCUT2D eigenvalue weighted by Gasteiger charge is -2.05. The van der Waals surface area contributed by atoms with Gasteiger partial charge in [-0.1, -0.05) is 39.0 Å². The van der Waals surface area contributed by atoms with E-state index in [4.69, 9.17) is 5.11 Å². The number of aromatic carboxylic acids is 1. The summed E-state index contributed by atoms with van der Waals surface area (Å²) in [5.41, 5.74) is -0.0251. The van der Waals surface area contributed by atoms with Crippen molar-refractivity contribution in [3.8, 4) is 0 Å². The molecule has 0 amide bonds. The molecule has 1 aromatic rings. The quantitative estimate of drug-likeness (QED) is 0.660. The molecule has 0 aromatic carbocycles. The molecule has 1 heterocycles. The fraction of sp³-hybridized carbons (Fsp3) is 0.615. The molecule has 0 saturated heterocycles. The summed E-state index contributed by atoms with van der Waals surface area (Å²) in [4.78, 5) is 18.5. The normalized spacial score (nSPS) is 10.3. The molecule has 2 N–H and O–H groups in total. The second-order valence-corrected chi connectivity index (χ2v) is 4.29. The predicted octanol–water partition coefficient (Wildman–Crippen LogP) is 2.95. The van der Waals surface area contributed by atoms with E-state index in [1.807, 2.05) is 0 Å². The summed E-state index contributed by atoms with van der Waals surface area (Å²) in [6.45, 7) is 3.01. The molecular formula is C13H21N3O2. The van der Waals surface area contributed by atoms with Crippen LogP contribution in [-0.2, 0) is 0 Å². The molecule has 5 nitrogen and oxygen atoms in total. The van der Waals surface area contributed by atoms with Crippen LogP contribution >= 0.6 is 0 Å². The van der Waals surface area contributed by atoms with Crippen LogP contribution < -0.4 is 5.32 Å². The van der Waals surface area contributed by atoms with E-state index in [0.717, 1.165) is 13.0 Å². The first kappa shape index (κ1) is 14.4. The third-order valence-electron chi connectivity index (χ3n) is 2.69. The van der Waals surface area contributed by atoms with Crippen LogP contribution in [0.1, 0.15) is 55.9 Å². The van der Waals surface area contributed by atoms with Crippen molar-refractivity contribution < 1.29 is 9.90 Å². The maximum Gasteiger partial charge on any atom is 0.356 e. The molecule has 0 saturated carbocycles. The van der Waals surface area contributed by atoms with E-state index >= 15 is 0 Å². The topological polar surface area (TPSA) is 75.1 Å². The Labute approximate surface area is 108 Å². The number of carboxylic acid groups (broad SMARTS) is 1. The maximum absolute atomic E-state index is 10.7. The summed E-state index contributed by atoms with van der Waals surface area (Å²) in [6.07, 6.45) is 10.2. The molecule has 0 aliphatic carbocycles. The Morgan fingerprint density at radius 1 is 1.22 bits per heavy atom. The van der Waals surface area contributed by atoms with E-state index in [2.05, 4.69) is 22.2 Å². The molecule has 18 heavy (non-hydrogen) atoms.